The zero-order valence-electron chi connectivity index (χ0n) is 11.8. The Hall–Kier alpha value is -1.35. The largest absolute Gasteiger partial charge is 0.366 e. The second kappa shape index (κ2) is 6.01. The first-order valence-electron chi connectivity index (χ1n) is 6.46. The Labute approximate surface area is 110 Å². The van der Waals surface area contributed by atoms with Crippen molar-refractivity contribution in [2.24, 2.45) is 11.1 Å². The van der Waals surface area contributed by atoms with Crippen LogP contribution in [0.3, 0.4) is 0 Å². The fourth-order valence-electron chi connectivity index (χ4n) is 1.71. The first kappa shape index (κ1) is 14.7. The van der Waals surface area contributed by atoms with Gasteiger partial charge in [-0.3, -0.25) is 4.79 Å². The third-order valence-electron chi connectivity index (χ3n) is 3.50. The lowest BCUT2D eigenvalue weighted by Gasteiger charge is -2.23. The first-order valence-corrected chi connectivity index (χ1v) is 6.46. The molecule has 0 radical (unpaired) electrons. The summed E-state index contributed by atoms with van der Waals surface area (Å²) in [6.07, 6.45) is 1.15. The van der Waals surface area contributed by atoms with E-state index in [1.807, 2.05) is 19.1 Å². The number of nitrogens with one attached hydrogen (secondary N) is 1. The molecular weight excluding hydrogens is 224 g/mol. The van der Waals surface area contributed by atoms with E-state index in [1.54, 1.807) is 6.07 Å². The number of amides is 1. The number of carbonyl (C=O) groups excluding carboxylic acids is 1. The van der Waals surface area contributed by atoms with Gasteiger partial charge in [0.05, 0.1) is 0 Å². The fraction of sp³-hybridized carbons (Fsp3) is 0.533. The first-order chi connectivity index (χ1) is 8.35. The molecule has 0 bridgehead atoms. The van der Waals surface area contributed by atoms with Gasteiger partial charge in [-0.1, -0.05) is 26.8 Å². The average molecular weight is 248 g/mol. The molecule has 1 aromatic carbocycles. The van der Waals surface area contributed by atoms with Gasteiger partial charge in [0.1, 0.15) is 0 Å². The summed E-state index contributed by atoms with van der Waals surface area (Å²) in [4.78, 5) is 11.1. The highest BCUT2D eigenvalue weighted by atomic mass is 16.1. The van der Waals surface area contributed by atoms with Gasteiger partial charge < -0.3 is 11.1 Å². The quantitative estimate of drug-likeness (QED) is 0.813. The second-order valence-corrected chi connectivity index (χ2v) is 5.63. The van der Waals surface area contributed by atoms with Gasteiger partial charge >= 0.3 is 0 Å². The number of carbonyl (C=O) groups is 1. The van der Waals surface area contributed by atoms with Gasteiger partial charge in [-0.05, 0) is 42.0 Å². The predicted octanol–water partition coefficient (Wildman–Crippen LogP) is 2.62. The highest BCUT2D eigenvalue weighted by molar-refractivity contribution is 5.93. The zero-order valence-corrected chi connectivity index (χ0v) is 11.8. The molecule has 0 unspecified atom stereocenters. The van der Waals surface area contributed by atoms with E-state index in [9.17, 15) is 4.79 Å². The molecule has 3 N–H and O–H groups in total. The summed E-state index contributed by atoms with van der Waals surface area (Å²) >= 11 is 0. The van der Waals surface area contributed by atoms with Crippen molar-refractivity contribution in [2.75, 3.05) is 6.54 Å². The van der Waals surface area contributed by atoms with Crippen LogP contribution in [0.25, 0.3) is 0 Å². The Bertz CT molecular complexity index is 425. The van der Waals surface area contributed by atoms with E-state index in [-0.39, 0.29) is 5.91 Å². The summed E-state index contributed by atoms with van der Waals surface area (Å²) in [5.74, 6) is -0.371. The Morgan fingerprint density at radius 2 is 2.06 bits per heavy atom. The van der Waals surface area contributed by atoms with Gasteiger partial charge in [-0.15, -0.1) is 0 Å². The molecule has 3 nitrogen and oxygen atoms in total. The highest BCUT2D eigenvalue weighted by Crippen LogP contribution is 2.18. The normalized spacial score (nSPS) is 11.6. The van der Waals surface area contributed by atoms with Crippen LogP contribution in [-0.4, -0.2) is 12.5 Å². The van der Waals surface area contributed by atoms with Crippen LogP contribution in [0.15, 0.2) is 18.2 Å². The Kier molecular flexibility index (Phi) is 4.91. The molecule has 0 aliphatic rings. The number of aryl methyl sites for hydroxylation is 1. The third kappa shape index (κ3) is 4.15. The minimum Gasteiger partial charge on any atom is -0.366 e. The van der Waals surface area contributed by atoms with E-state index in [1.165, 1.54) is 5.56 Å². The molecule has 0 fully saturated rings. The maximum absolute atomic E-state index is 11.1. The smallest absolute Gasteiger partial charge is 0.248 e. The number of hydrogen-bond acceptors (Lipinski definition) is 2. The van der Waals surface area contributed by atoms with E-state index in [0.717, 1.165) is 25.1 Å². The van der Waals surface area contributed by atoms with Crippen LogP contribution in [0.1, 0.15) is 48.7 Å². The minimum atomic E-state index is -0.371. The van der Waals surface area contributed by atoms with Crippen molar-refractivity contribution in [1.29, 1.82) is 0 Å². The van der Waals surface area contributed by atoms with Crippen molar-refractivity contribution in [1.82, 2.24) is 5.32 Å². The fourth-order valence-corrected chi connectivity index (χ4v) is 1.71. The molecule has 100 valence electrons. The van der Waals surface area contributed by atoms with E-state index in [4.69, 9.17) is 5.73 Å². The third-order valence-corrected chi connectivity index (χ3v) is 3.50. The van der Waals surface area contributed by atoms with Crippen LogP contribution in [-0.2, 0) is 6.54 Å². The molecular formula is C15H24N2O. The standard InChI is InChI=1S/C15H24N2O/c1-5-15(3,4)10-17-9-13-7-6-12(14(16)18)8-11(13)2/h6-8,17H,5,9-10H2,1-4H3,(H2,16,18). The maximum Gasteiger partial charge on any atom is 0.248 e. The van der Waals surface area contributed by atoms with Gasteiger partial charge in [0, 0.05) is 18.7 Å². The van der Waals surface area contributed by atoms with Crippen molar-refractivity contribution in [3.63, 3.8) is 0 Å². The molecule has 0 saturated carbocycles. The summed E-state index contributed by atoms with van der Waals surface area (Å²) in [5.41, 5.74) is 8.47. The lowest BCUT2D eigenvalue weighted by Crippen LogP contribution is -2.28. The maximum atomic E-state index is 11.1. The summed E-state index contributed by atoms with van der Waals surface area (Å²) < 4.78 is 0. The summed E-state index contributed by atoms with van der Waals surface area (Å²) in [6, 6.07) is 5.61. The van der Waals surface area contributed by atoms with E-state index in [2.05, 4.69) is 26.1 Å². The van der Waals surface area contributed by atoms with Crippen LogP contribution in [0.4, 0.5) is 0 Å². The second-order valence-electron chi connectivity index (χ2n) is 5.63. The molecule has 1 aromatic rings. The molecule has 0 aliphatic carbocycles. The summed E-state index contributed by atoms with van der Waals surface area (Å²) in [5, 5.41) is 3.47. The van der Waals surface area contributed by atoms with E-state index in [0.29, 0.717) is 11.0 Å². The average Bonchev–Trinajstić information content (AvgIpc) is 2.31. The number of benzene rings is 1. The monoisotopic (exact) mass is 248 g/mol. The van der Waals surface area contributed by atoms with Crippen molar-refractivity contribution in [3.05, 3.63) is 34.9 Å². The van der Waals surface area contributed by atoms with E-state index >= 15 is 0 Å². The van der Waals surface area contributed by atoms with Gasteiger partial charge in [0.15, 0.2) is 0 Å². The number of primary amides is 1. The van der Waals surface area contributed by atoms with Crippen LogP contribution in [0, 0.1) is 12.3 Å². The topological polar surface area (TPSA) is 55.1 Å². The zero-order chi connectivity index (χ0) is 13.8. The van der Waals surface area contributed by atoms with Crippen molar-refractivity contribution in [3.8, 4) is 0 Å². The Morgan fingerprint density at radius 1 is 1.39 bits per heavy atom. The predicted molar refractivity (Wildman–Crippen MR) is 75.5 cm³/mol. The van der Waals surface area contributed by atoms with Crippen LogP contribution in [0.2, 0.25) is 0 Å². The molecule has 0 aliphatic heterocycles. The summed E-state index contributed by atoms with van der Waals surface area (Å²) in [7, 11) is 0. The molecule has 0 saturated heterocycles. The van der Waals surface area contributed by atoms with Crippen LogP contribution >= 0.6 is 0 Å². The number of nitrogens with two attached hydrogens (primary N) is 1. The lowest BCUT2D eigenvalue weighted by atomic mass is 9.90. The highest BCUT2D eigenvalue weighted by Gasteiger charge is 2.14. The minimum absolute atomic E-state index is 0.321. The van der Waals surface area contributed by atoms with Crippen LogP contribution < -0.4 is 11.1 Å². The van der Waals surface area contributed by atoms with Gasteiger partial charge in [-0.2, -0.15) is 0 Å². The van der Waals surface area contributed by atoms with Crippen molar-refractivity contribution >= 4 is 5.91 Å². The van der Waals surface area contributed by atoms with Crippen molar-refractivity contribution in [2.45, 2.75) is 40.7 Å². The van der Waals surface area contributed by atoms with Crippen LogP contribution in [0.5, 0.6) is 0 Å². The number of rotatable bonds is 6. The van der Waals surface area contributed by atoms with Gasteiger partial charge in [0.25, 0.3) is 0 Å². The van der Waals surface area contributed by atoms with Crippen molar-refractivity contribution < 1.29 is 4.79 Å². The Morgan fingerprint density at radius 3 is 2.56 bits per heavy atom. The molecule has 3 heteroatoms. The number of hydrogen-bond donors (Lipinski definition) is 2. The molecule has 0 atom stereocenters. The molecule has 1 amide bonds. The van der Waals surface area contributed by atoms with Gasteiger partial charge in [0.2, 0.25) is 5.91 Å². The molecule has 18 heavy (non-hydrogen) atoms. The van der Waals surface area contributed by atoms with Gasteiger partial charge in [-0.25, -0.2) is 0 Å². The Balaban J connectivity index is 2.61. The summed E-state index contributed by atoms with van der Waals surface area (Å²) in [6.45, 7) is 10.5. The lowest BCUT2D eigenvalue weighted by molar-refractivity contribution is 0.1000. The molecule has 1 rings (SSSR count). The molecule has 0 aromatic heterocycles. The molecule has 0 spiro atoms. The molecule has 0 heterocycles. The van der Waals surface area contributed by atoms with E-state index < -0.39 is 0 Å². The SMILES string of the molecule is CCC(C)(C)CNCc1ccc(C(N)=O)cc1C.